The molecule has 2 saturated heterocycles. The summed E-state index contributed by atoms with van der Waals surface area (Å²) in [4.78, 5) is 2.19. The summed E-state index contributed by atoms with van der Waals surface area (Å²) in [6.45, 7) is 2.28. The third-order valence-electron chi connectivity index (χ3n) is 2.52. The molecule has 2 aliphatic heterocycles. The van der Waals surface area contributed by atoms with Crippen LogP contribution in [-0.2, 0) is 0 Å². The van der Waals surface area contributed by atoms with E-state index in [4.69, 9.17) is 0 Å². The highest BCUT2D eigenvalue weighted by atomic mass is 16.3. The molecule has 2 bridgehead atoms. The van der Waals surface area contributed by atoms with Crippen LogP contribution in [0.3, 0.4) is 0 Å². The lowest BCUT2D eigenvalue weighted by atomic mass is 10.0. The fourth-order valence-electron chi connectivity index (χ4n) is 2.01. The largest absolute Gasteiger partial charge is 0.378 e. The summed E-state index contributed by atoms with van der Waals surface area (Å²) in [6, 6.07) is 0. The second kappa shape index (κ2) is 1.96. The van der Waals surface area contributed by atoms with Crippen LogP contribution in [0.2, 0.25) is 0 Å². The predicted octanol–water partition coefficient (Wildman–Crippen LogP) is 0.421. The number of hydrogen-bond acceptors (Lipinski definition) is 2. The first kappa shape index (κ1) is 5.69. The smallest absolute Gasteiger partial charge is 0.107 e. The Balaban J connectivity index is 2.07. The van der Waals surface area contributed by atoms with Crippen molar-refractivity contribution in [1.82, 2.24) is 4.90 Å². The number of rotatable bonds is 0. The van der Waals surface area contributed by atoms with Gasteiger partial charge in [0.1, 0.15) is 6.23 Å². The number of aliphatic hydroxyl groups excluding tert-OH is 1. The average Bonchev–Trinajstić information content (AvgIpc) is 2.09. The quantitative estimate of drug-likeness (QED) is 0.510. The van der Waals surface area contributed by atoms with E-state index in [1.807, 2.05) is 0 Å². The van der Waals surface area contributed by atoms with E-state index in [9.17, 15) is 5.11 Å². The lowest BCUT2D eigenvalue weighted by Gasteiger charge is -2.22. The van der Waals surface area contributed by atoms with Crippen LogP contribution < -0.4 is 0 Å². The van der Waals surface area contributed by atoms with Crippen LogP contribution in [0.25, 0.3) is 0 Å². The first-order valence-electron chi connectivity index (χ1n) is 3.78. The highest BCUT2D eigenvalue weighted by Gasteiger charge is 2.32. The molecule has 2 heterocycles. The number of hydrogen-bond donors (Lipinski definition) is 1. The Morgan fingerprint density at radius 2 is 2.33 bits per heavy atom. The van der Waals surface area contributed by atoms with Crippen molar-refractivity contribution in [2.45, 2.75) is 25.5 Å². The van der Waals surface area contributed by atoms with Crippen LogP contribution in [0.15, 0.2) is 0 Å². The summed E-state index contributed by atoms with van der Waals surface area (Å²) >= 11 is 0. The zero-order valence-electron chi connectivity index (χ0n) is 5.58. The predicted molar refractivity (Wildman–Crippen MR) is 34.9 cm³/mol. The molecule has 2 heteroatoms. The van der Waals surface area contributed by atoms with Gasteiger partial charge in [-0.15, -0.1) is 0 Å². The van der Waals surface area contributed by atoms with Crippen molar-refractivity contribution < 1.29 is 5.11 Å². The second-order valence-corrected chi connectivity index (χ2v) is 3.22. The molecule has 52 valence electrons. The summed E-state index contributed by atoms with van der Waals surface area (Å²) in [7, 11) is 0. The molecule has 2 rings (SSSR count). The zero-order valence-corrected chi connectivity index (χ0v) is 5.58. The molecule has 0 aromatic heterocycles. The molecule has 0 radical (unpaired) electrons. The third kappa shape index (κ3) is 0.864. The van der Waals surface area contributed by atoms with Crippen LogP contribution in [0.5, 0.6) is 0 Å². The molecule has 0 amide bonds. The van der Waals surface area contributed by atoms with Gasteiger partial charge >= 0.3 is 0 Å². The van der Waals surface area contributed by atoms with Crippen LogP contribution in [-0.4, -0.2) is 29.3 Å². The molecule has 2 nitrogen and oxygen atoms in total. The van der Waals surface area contributed by atoms with Crippen molar-refractivity contribution in [2.24, 2.45) is 5.92 Å². The van der Waals surface area contributed by atoms with Crippen LogP contribution in [0.1, 0.15) is 19.3 Å². The standard InChI is InChI=1S/C7H13NO/c9-7-4-6-2-1-3-8(7)5-6/h6-7,9H,1-5H2. The van der Waals surface area contributed by atoms with Gasteiger partial charge in [-0.2, -0.15) is 0 Å². The Bertz CT molecular complexity index is 113. The minimum Gasteiger partial charge on any atom is -0.378 e. The molecular formula is C7H13NO. The Morgan fingerprint density at radius 1 is 1.44 bits per heavy atom. The van der Waals surface area contributed by atoms with Gasteiger partial charge in [0.05, 0.1) is 0 Å². The number of piperidine rings is 1. The van der Waals surface area contributed by atoms with Gasteiger partial charge in [-0.3, -0.25) is 4.90 Å². The van der Waals surface area contributed by atoms with Gasteiger partial charge in [0.2, 0.25) is 0 Å². The molecule has 0 aromatic rings. The Morgan fingerprint density at radius 3 is 3.00 bits per heavy atom. The van der Waals surface area contributed by atoms with E-state index < -0.39 is 0 Å². The van der Waals surface area contributed by atoms with Gasteiger partial charge in [-0.25, -0.2) is 0 Å². The molecular weight excluding hydrogens is 114 g/mol. The zero-order chi connectivity index (χ0) is 6.27. The third-order valence-corrected chi connectivity index (χ3v) is 2.52. The second-order valence-electron chi connectivity index (χ2n) is 3.22. The first-order valence-corrected chi connectivity index (χ1v) is 3.78. The van der Waals surface area contributed by atoms with E-state index in [-0.39, 0.29) is 6.23 Å². The van der Waals surface area contributed by atoms with Crippen molar-refractivity contribution in [3.63, 3.8) is 0 Å². The molecule has 9 heavy (non-hydrogen) atoms. The lowest BCUT2D eigenvalue weighted by molar-refractivity contribution is 0.0378. The maximum atomic E-state index is 9.33. The minimum atomic E-state index is -0.0995. The van der Waals surface area contributed by atoms with Crippen molar-refractivity contribution >= 4 is 0 Å². The molecule has 2 aliphatic rings. The van der Waals surface area contributed by atoms with Gasteiger partial charge < -0.3 is 5.11 Å². The van der Waals surface area contributed by atoms with Crippen LogP contribution in [0, 0.1) is 5.92 Å². The van der Waals surface area contributed by atoms with Crippen molar-refractivity contribution in [3.8, 4) is 0 Å². The lowest BCUT2D eigenvalue weighted by Crippen LogP contribution is -2.32. The molecule has 1 N–H and O–H groups in total. The van der Waals surface area contributed by atoms with Gasteiger partial charge in [0.25, 0.3) is 0 Å². The molecule has 0 aromatic carbocycles. The van der Waals surface area contributed by atoms with Crippen LogP contribution >= 0.6 is 0 Å². The van der Waals surface area contributed by atoms with Crippen molar-refractivity contribution in [1.29, 1.82) is 0 Å². The summed E-state index contributed by atoms with van der Waals surface area (Å²) in [5.74, 6) is 0.814. The van der Waals surface area contributed by atoms with E-state index >= 15 is 0 Å². The molecule has 3 atom stereocenters. The van der Waals surface area contributed by atoms with E-state index in [1.165, 1.54) is 12.8 Å². The van der Waals surface area contributed by atoms with Crippen molar-refractivity contribution in [2.75, 3.05) is 13.1 Å². The van der Waals surface area contributed by atoms with Gasteiger partial charge in [-0.1, -0.05) is 0 Å². The molecule has 2 fully saturated rings. The maximum Gasteiger partial charge on any atom is 0.107 e. The monoisotopic (exact) mass is 127 g/mol. The highest BCUT2D eigenvalue weighted by molar-refractivity contribution is 4.83. The first-order chi connectivity index (χ1) is 4.36. The number of nitrogens with zero attached hydrogens (tertiary/aromatic N) is 1. The average molecular weight is 127 g/mol. The van der Waals surface area contributed by atoms with Gasteiger partial charge in [-0.05, 0) is 25.2 Å². The highest BCUT2D eigenvalue weighted by Crippen LogP contribution is 2.29. The maximum absolute atomic E-state index is 9.33. The Kier molecular flexibility index (Phi) is 1.24. The molecule has 0 saturated carbocycles. The number of fused-ring (bicyclic) bond motifs is 2. The minimum absolute atomic E-state index is 0.0995. The Labute approximate surface area is 55.5 Å². The summed E-state index contributed by atoms with van der Waals surface area (Å²) in [5, 5.41) is 9.33. The van der Waals surface area contributed by atoms with Crippen LogP contribution in [0.4, 0.5) is 0 Å². The molecule has 0 spiro atoms. The fourth-order valence-corrected chi connectivity index (χ4v) is 2.01. The summed E-state index contributed by atoms with van der Waals surface area (Å²) in [5.41, 5.74) is 0. The summed E-state index contributed by atoms with van der Waals surface area (Å²) < 4.78 is 0. The van der Waals surface area contributed by atoms with E-state index in [0.717, 1.165) is 25.4 Å². The van der Waals surface area contributed by atoms with E-state index in [0.29, 0.717) is 0 Å². The summed E-state index contributed by atoms with van der Waals surface area (Å²) in [6.07, 6.45) is 3.56. The molecule has 0 aliphatic carbocycles. The van der Waals surface area contributed by atoms with Gasteiger partial charge in [0.15, 0.2) is 0 Å². The number of aliphatic hydroxyl groups is 1. The topological polar surface area (TPSA) is 23.5 Å². The SMILES string of the molecule is OC1CC2CCCN1C2. The fraction of sp³-hybridized carbons (Fsp3) is 1.00. The molecule has 3 unspecified atom stereocenters. The van der Waals surface area contributed by atoms with Gasteiger partial charge in [0, 0.05) is 13.1 Å². The van der Waals surface area contributed by atoms with E-state index in [1.54, 1.807) is 0 Å². The van der Waals surface area contributed by atoms with E-state index in [2.05, 4.69) is 4.90 Å². The normalized spacial score (nSPS) is 49.7. The van der Waals surface area contributed by atoms with Crippen molar-refractivity contribution in [3.05, 3.63) is 0 Å². The Hall–Kier alpha value is -0.0800.